The van der Waals surface area contributed by atoms with Crippen LogP contribution in [0.2, 0.25) is 0 Å². The van der Waals surface area contributed by atoms with Gasteiger partial charge in [0.2, 0.25) is 0 Å². The molecule has 0 radical (unpaired) electrons. The molecule has 4 heteroatoms. The van der Waals surface area contributed by atoms with Gasteiger partial charge < -0.3 is 15.4 Å². The summed E-state index contributed by atoms with van der Waals surface area (Å²) in [7, 11) is 1.71. The number of nitrogens with one attached hydrogen (secondary N) is 2. The van der Waals surface area contributed by atoms with Crippen LogP contribution in [0.25, 0.3) is 0 Å². The van der Waals surface area contributed by atoms with Crippen molar-refractivity contribution in [3.63, 3.8) is 0 Å². The molecule has 0 aromatic heterocycles. The van der Waals surface area contributed by atoms with E-state index in [9.17, 15) is 4.79 Å². The molecule has 0 bridgehead atoms. The molecule has 0 saturated heterocycles. The maximum Gasteiger partial charge on any atom is 0.251 e. The quantitative estimate of drug-likeness (QED) is 0.650. The van der Waals surface area contributed by atoms with Crippen molar-refractivity contribution >= 4 is 11.6 Å². The highest BCUT2D eigenvalue weighted by molar-refractivity contribution is 5.96. The van der Waals surface area contributed by atoms with Crippen molar-refractivity contribution < 1.29 is 9.53 Å². The van der Waals surface area contributed by atoms with Crippen LogP contribution in [0.3, 0.4) is 0 Å². The van der Waals surface area contributed by atoms with Crippen LogP contribution in [-0.2, 0) is 4.74 Å². The molecule has 0 unspecified atom stereocenters. The normalized spacial score (nSPS) is 10.4. The molecule has 2 N–H and O–H groups in total. The topological polar surface area (TPSA) is 50.4 Å². The number of methoxy groups -OCH3 is 1. The third-order valence-corrected chi connectivity index (χ3v) is 3.36. The summed E-state index contributed by atoms with van der Waals surface area (Å²) in [6.45, 7) is 6.57. The number of anilines is 1. The molecule has 0 spiro atoms. The predicted molar refractivity (Wildman–Crippen MR) is 88.0 cm³/mol. The van der Waals surface area contributed by atoms with E-state index in [1.807, 2.05) is 25.1 Å². The van der Waals surface area contributed by atoms with E-state index < -0.39 is 0 Å². The van der Waals surface area contributed by atoms with E-state index >= 15 is 0 Å². The smallest absolute Gasteiger partial charge is 0.251 e. The summed E-state index contributed by atoms with van der Waals surface area (Å²) in [4.78, 5) is 12.1. The van der Waals surface area contributed by atoms with Crippen molar-refractivity contribution in [1.82, 2.24) is 5.32 Å². The number of aryl methyl sites for hydroxylation is 1. The molecule has 1 aromatic carbocycles. The van der Waals surface area contributed by atoms with Crippen molar-refractivity contribution in [1.29, 1.82) is 0 Å². The van der Waals surface area contributed by atoms with Gasteiger partial charge in [-0.25, -0.2) is 0 Å². The van der Waals surface area contributed by atoms with Crippen LogP contribution in [0.15, 0.2) is 18.2 Å². The molecule has 21 heavy (non-hydrogen) atoms. The largest absolute Gasteiger partial charge is 0.385 e. The summed E-state index contributed by atoms with van der Waals surface area (Å²) in [5.41, 5.74) is 2.84. The third kappa shape index (κ3) is 6.63. The van der Waals surface area contributed by atoms with Gasteiger partial charge in [-0.3, -0.25) is 4.79 Å². The number of benzene rings is 1. The Kier molecular flexibility index (Phi) is 8.51. The van der Waals surface area contributed by atoms with Crippen LogP contribution in [-0.4, -0.2) is 32.7 Å². The van der Waals surface area contributed by atoms with Crippen LogP contribution >= 0.6 is 0 Å². The maximum atomic E-state index is 12.1. The molecule has 1 aromatic rings. The Morgan fingerprint density at radius 2 is 2.00 bits per heavy atom. The van der Waals surface area contributed by atoms with Crippen molar-refractivity contribution in [2.75, 3.05) is 32.1 Å². The Balaban J connectivity index is 2.39. The Bertz CT molecular complexity index is 433. The van der Waals surface area contributed by atoms with Gasteiger partial charge in [0.15, 0.2) is 0 Å². The number of amides is 1. The molecule has 0 saturated carbocycles. The van der Waals surface area contributed by atoms with Gasteiger partial charge in [0.25, 0.3) is 5.91 Å². The van der Waals surface area contributed by atoms with Gasteiger partial charge in [-0.1, -0.05) is 6.92 Å². The van der Waals surface area contributed by atoms with E-state index in [0.717, 1.165) is 62.2 Å². The lowest BCUT2D eigenvalue weighted by Gasteiger charge is -2.10. The molecule has 0 aliphatic carbocycles. The summed E-state index contributed by atoms with van der Waals surface area (Å²) in [6.07, 6.45) is 4.20. The lowest BCUT2D eigenvalue weighted by atomic mass is 10.1. The van der Waals surface area contributed by atoms with Gasteiger partial charge >= 0.3 is 0 Å². The van der Waals surface area contributed by atoms with Crippen LogP contribution < -0.4 is 10.6 Å². The minimum absolute atomic E-state index is 0.0151. The fraction of sp³-hybridized carbons (Fsp3) is 0.588. The molecule has 118 valence electrons. The summed E-state index contributed by atoms with van der Waals surface area (Å²) < 4.78 is 5.00. The van der Waals surface area contributed by atoms with Crippen LogP contribution in [0, 0.1) is 6.92 Å². The number of rotatable bonds is 10. The molecule has 0 aliphatic rings. The van der Waals surface area contributed by atoms with E-state index in [0.29, 0.717) is 0 Å². The Hall–Kier alpha value is -1.55. The maximum absolute atomic E-state index is 12.1. The van der Waals surface area contributed by atoms with E-state index in [1.165, 1.54) is 0 Å². The van der Waals surface area contributed by atoms with E-state index in [-0.39, 0.29) is 5.91 Å². The highest BCUT2D eigenvalue weighted by Gasteiger charge is 2.08. The second-order valence-electron chi connectivity index (χ2n) is 5.27. The van der Waals surface area contributed by atoms with E-state index in [1.54, 1.807) is 7.11 Å². The van der Waals surface area contributed by atoms with E-state index in [2.05, 4.69) is 17.6 Å². The molecular weight excluding hydrogens is 264 g/mol. The van der Waals surface area contributed by atoms with E-state index in [4.69, 9.17) is 4.74 Å². The molecule has 0 heterocycles. The summed E-state index contributed by atoms with van der Waals surface area (Å²) in [5, 5.41) is 6.31. The minimum atomic E-state index is 0.0151. The second kappa shape index (κ2) is 10.2. The van der Waals surface area contributed by atoms with Crippen molar-refractivity contribution in [2.45, 2.75) is 39.5 Å². The zero-order chi connectivity index (χ0) is 15.5. The Morgan fingerprint density at radius 1 is 1.19 bits per heavy atom. The lowest BCUT2D eigenvalue weighted by Crippen LogP contribution is -2.25. The average Bonchev–Trinajstić information content (AvgIpc) is 2.48. The average molecular weight is 292 g/mol. The van der Waals surface area contributed by atoms with Gasteiger partial charge in [-0.05, 0) is 56.4 Å². The monoisotopic (exact) mass is 292 g/mol. The first kappa shape index (κ1) is 17.5. The molecule has 0 aliphatic heterocycles. The Morgan fingerprint density at radius 3 is 2.67 bits per heavy atom. The number of carbonyl (C=O) groups is 1. The SMILES string of the molecule is CCCNc1ccc(C(=O)NCCCCCOC)c(C)c1. The number of carbonyl (C=O) groups excluding carboxylic acids is 1. The fourth-order valence-electron chi connectivity index (χ4n) is 2.14. The second-order valence-corrected chi connectivity index (χ2v) is 5.27. The van der Waals surface area contributed by atoms with Crippen LogP contribution in [0.5, 0.6) is 0 Å². The summed E-state index contributed by atoms with van der Waals surface area (Å²) >= 11 is 0. The van der Waals surface area contributed by atoms with Crippen molar-refractivity contribution in [2.24, 2.45) is 0 Å². The predicted octanol–water partition coefficient (Wildman–Crippen LogP) is 3.36. The number of hydrogen-bond acceptors (Lipinski definition) is 3. The van der Waals surface area contributed by atoms with Crippen molar-refractivity contribution in [3.05, 3.63) is 29.3 Å². The molecule has 4 nitrogen and oxygen atoms in total. The van der Waals surface area contributed by atoms with Crippen LogP contribution in [0.4, 0.5) is 5.69 Å². The standard InChI is InChI=1S/C17H28N2O2/c1-4-10-18-15-8-9-16(14(2)13-15)17(20)19-11-6-5-7-12-21-3/h8-9,13,18H,4-7,10-12H2,1-3H3,(H,19,20). The lowest BCUT2D eigenvalue weighted by molar-refractivity contribution is 0.0952. The Labute approximate surface area is 128 Å². The first-order chi connectivity index (χ1) is 10.2. The molecule has 0 fully saturated rings. The molecule has 0 atom stereocenters. The molecular formula is C17H28N2O2. The van der Waals surface area contributed by atoms with Gasteiger partial charge in [-0.2, -0.15) is 0 Å². The number of unbranched alkanes of at least 4 members (excludes halogenated alkanes) is 2. The molecule has 1 amide bonds. The van der Waals surface area contributed by atoms with Gasteiger partial charge in [-0.15, -0.1) is 0 Å². The highest BCUT2D eigenvalue weighted by Crippen LogP contribution is 2.15. The number of ether oxygens (including phenoxy) is 1. The van der Waals surface area contributed by atoms with Gasteiger partial charge in [0.05, 0.1) is 0 Å². The highest BCUT2D eigenvalue weighted by atomic mass is 16.5. The zero-order valence-corrected chi connectivity index (χ0v) is 13.5. The minimum Gasteiger partial charge on any atom is -0.385 e. The first-order valence-corrected chi connectivity index (χ1v) is 7.80. The summed E-state index contributed by atoms with van der Waals surface area (Å²) in [5.74, 6) is 0.0151. The van der Waals surface area contributed by atoms with Crippen molar-refractivity contribution in [3.8, 4) is 0 Å². The molecule has 1 rings (SSSR count). The first-order valence-electron chi connectivity index (χ1n) is 7.80. The van der Waals surface area contributed by atoms with Crippen LogP contribution in [0.1, 0.15) is 48.5 Å². The number of hydrogen-bond donors (Lipinski definition) is 2. The fourth-order valence-corrected chi connectivity index (χ4v) is 2.14. The van der Waals surface area contributed by atoms with Gasteiger partial charge in [0, 0.05) is 38.1 Å². The van der Waals surface area contributed by atoms with Gasteiger partial charge in [0.1, 0.15) is 0 Å². The third-order valence-electron chi connectivity index (χ3n) is 3.36. The summed E-state index contributed by atoms with van der Waals surface area (Å²) in [6, 6.07) is 5.90. The zero-order valence-electron chi connectivity index (χ0n) is 13.5.